The molecule has 6 nitrogen and oxygen atoms in total. The SMILES string of the molecule is [2H]NC(=O)OC[C@H](N)C(=O)O. The van der Waals surface area contributed by atoms with Crippen LogP contribution in [0.4, 0.5) is 4.79 Å². The maximum Gasteiger partial charge on any atom is 0.404 e. The molecule has 6 heteroatoms. The molecule has 0 aromatic carbocycles. The fourth-order valence-electron chi connectivity index (χ4n) is 0.237. The van der Waals surface area contributed by atoms with Crippen molar-refractivity contribution in [1.82, 2.24) is 0 Å². The molecular formula is C4H8N2O4. The maximum absolute atomic E-state index is 10.2. The lowest BCUT2D eigenvalue weighted by Crippen LogP contribution is -2.36. The van der Waals surface area contributed by atoms with Gasteiger partial charge in [-0.2, -0.15) is 0 Å². The Kier molecular flexibility index (Phi) is 2.50. The van der Waals surface area contributed by atoms with Crippen molar-refractivity contribution >= 4 is 12.1 Å². The molecule has 0 aromatic heterocycles. The van der Waals surface area contributed by atoms with E-state index in [1.165, 1.54) is 5.73 Å². The minimum atomic E-state index is -1.26. The molecule has 0 aliphatic rings. The smallest absolute Gasteiger partial charge is 0.404 e. The molecule has 5 N–H and O–H groups in total. The van der Waals surface area contributed by atoms with E-state index < -0.39 is 24.7 Å². The van der Waals surface area contributed by atoms with Gasteiger partial charge in [0.05, 0.1) is 0 Å². The number of ether oxygens (including phenoxy) is 1. The van der Waals surface area contributed by atoms with Crippen LogP contribution in [0, 0.1) is 0 Å². The van der Waals surface area contributed by atoms with Crippen molar-refractivity contribution in [2.45, 2.75) is 6.04 Å². The molecule has 0 aliphatic heterocycles. The van der Waals surface area contributed by atoms with Crippen molar-refractivity contribution in [2.24, 2.45) is 11.5 Å². The van der Waals surface area contributed by atoms with Gasteiger partial charge < -0.3 is 21.3 Å². The number of carbonyl (C=O) groups excluding carboxylic acids is 1. The van der Waals surface area contributed by atoms with Crippen LogP contribution < -0.4 is 11.5 Å². The zero-order valence-corrected chi connectivity index (χ0v) is 5.03. The van der Waals surface area contributed by atoms with Crippen LogP contribution in [0.2, 0.25) is 1.41 Å². The molecule has 0 bridgehead atoms. The van der Waals surface area contributed by atoms with Crippen molar-refractivity contribution in [2.75, 3.05) is 6.61 Å². The van der Waals surface area contributed by atoms with Gasteiger partial charge in [-0.15, -0.1) is 0 Å². The summed E-state index contributed by atoms with van der Waals surface area (Å²) in [5.41, 5.74) is 6.35. The molecule has 0 aliphatic carbocycles. The van der Waals surface area contributed by atoms with Crippen molar-refractivity contribution in [3.63, 3.8) is 0 Å². The third-order valence-electron chi connectivity index (χ3n) is 0.711. The number of hydrogen-bond donors (Lipinski definition) is 3. The Hall–Kier alpha value is -1.30. The molecule has 0 radical (unpaired) electrons. The van der Waals surface area contributed by atoms with Gasteiger partial charge in [-0.1, -0.05) is 0 Å². The number of carboxylic acid groups (broad SMARTS) is 1. The summed E-state index contributed by atoms with van der Waals surface area (Å²) in [7, 11) is 0. The molecule has 0 fully saturated rings. The average Bonchev–Trinajstić information content (AvgIpc) is 1.99. The van der Waals surface area contributed by atoms with E-state index in [4.69, 9.17) is 12.3 Å². The Morgan fingerprint density at radius 3 is 2.80 bits per heavy atom. The first-order valence-corrected chi connectivity index (χ1v) is 2.40. The van der Waals surface area contributed by atoms with Gasteiger partial charge in [-0.3, -0.25) is 4.79 Å². The monoisotopic (exact) mass is 149 g/mol. The fourth-order valence-corrected chi connectivity index (χ4v) is 0.237. The normalized spacial score (nSPS) is 13.1. The second-order valence-corrected chi connectivity index (χ2v) is 1.54. The van der Waals surface area contributed by atoms with Crippen LogP contribution in [-0.4, -0.2) is 29.8 Å². The van der Waals surface area contributed by atoms with Crippen LogP contribution in [0.1, 0.15) is 0 Å². The summed E-state index contributed by atoms with van der Waals surface area (Å²) in [5.74, 6) is -1.26. The lowest BCUT2D eigenvalue weighted by atomic mass is 10.3. The second kappa shape index (κ2) is 3.67. The van der Waals surface area contributed by atoms with Crippen molar-refractivity contribution in [3.8, 4) is 0 Å². The molecule has 10 heavy (non-hydrogen) atoms. The number of hydrogen-bond acceptors (Lipinski definition) is 4. The Labute approximate surface area is 58.2 Å². The van der Waals surface area contributed by atoms with Gasteiger partial charge in [-0.05, 0) is 0 Å². The van der Waals surface area contributed by atoms with Gasteiger partial charge in [0, 0.05) is 0 Å². The quantitative estimate of drug-likeness (QED) is 0.451. The molecule has 0 aromatic rings. The van der Waals surface area contributed by atoms with Crippen molar-refractivity contribution < 1.29 is 20.8 Å². The van der Waals surface area contributed by atoms with Crippen molar-refractivity contribution in [1.29, 1.82) is 0 Å². The number of rotatable bonds is 3. The molecule has 0 rings (SSSR count). The summed E-state index contributed by atoms with van der Waals surface area (Å²) in [4.78, 5) is 20.2. The highest BCUT2D eigenvalue weighted by Gasteiger charge is 2.12. The molecule has 1 amide bonds. The molecule has 0 unspecified atom stereocenters. The largest absolute Gasteiger partial charge is 0.480 e. The Morgan fingerprint density at radius 1 is 1.80 bits per heavy atom. The Balaban J connectivity index is 3.54. The summed E-state index contributed by atoms with van der Waals surface area (Å²) in [6.45, 7) is -0.444. The highest BCUT2D eigenvalue weighted by atomic mass is 16.5. The third kappa shape index (κ3) is 3.67. The number of carbonyl (C=O) groups is 2. The standard InChI is InChI=1S/C4H8N2O4/c5-2(3(7)8)1-10-4(6)9/h2H,1,5H2,(H2,6,9)(H,7,8)/t2-/m0/s1/i/hD. The third-order valence-corrected chi connectivity index (χ3v) is 0.711. The average molecular weight is 149 g/mol. The molecule has 1 atom stereocenters. The summed E-state index contributed by atoms with van der Waals surface area (Å²) in [6, 6.07) is -1.24. The first-order chi connectivity index (χ1) is 5.07. The highest BCUT2D eigenvalue weighted by molar-refractivity contribution is 5.74. The minimum absolute atomic E-state index is 0.444. The molecule has 58 valence electrons. The van der Waals surface area contributed by atoms with Crippen LogP contribution in [-0.2, 0) is 9.53 Å². The molecule has 0 saturated carbocycles. The fraction of sp³-hybridized carbons (Fsp3) is 0.500. The van der Waals surface area contributed by atoms with Gasteiger partial charge in [0.25, 0.3) is 0 Å². The van der Waals surface area contributed by atoms with Crippen LogP contribution in [0.3, 0.4) is 0 Å². The zero-order chi connectivity index (χ0) is 8.85. The topological polar surface area (TPSA) is 116 Å². The Bertz CT molecular complexity index is 162. The molecule has 0 spiro atoms. The van der Waals surface area contributed by atoms with Gasteiger partial charge in [0.15, 0.2) is 1.41 Å². The lowest BCUT2D eigenvalue weighted by Gasteiger charge is -2.04. The zero-order valence-electron chi connectivity index (χ0n) is 6.03. The summed E-state index contributed by atoms with van der Waals surface area (Å²) in [6.07, 6.45) is -1.03. The first-order valence-electron chi connectivity index (χ1n) is 2.90. The molecule has 0 saturated heterocycles. The summed E-state index contributed by atoms with van der Waals surface area (Å²) >= 11 is 0. The molecule has 0 heterocycles. The number of aliphatic carboxylic acids is 1. The van der Waals surface area contributed by atoms with E-state index >= 15 is 0 Å². The molecular weight excluding hydrogens is 140 g/mol. The predicted molar refractivity (Wildman–Crippen MR) is 31.1 cm³/mol. The van der Waals surface area contributed by atoms with E-state index in [1.54, 1.807) is 0 Å². The van der Waals surface area contributed by atoms with Gasteiger partial charge >= 0.3 is 12.1 Å². The minimum Gasteiger partial charge on any atom is -0.480 e. The summed E-state index contributed by atoms with van der Waals surface area (Å²) in [5, 5.41) is 8.18. The van der Waals surface area contributed by atoms with Crippen LogP contribution in [0.15, 0.2) is 0 Å². The lowest BCUT2D eigenvalue weighted by molar-refractivity contribution is -0.139. The highest BCUT2D eigenvalue weighted by Crippen LogP contribution is 1.80. The van der Waals surface area contributed by atoms with Crippen LogP contribution >= 0.6 is 0 Å². The maximum atomic E-state index is 10.2. The number of nitrogens with two attached hydrogens (primary N) is 2. The van der Waals surface area contributed by atoms with Crippen LogP contribution in [0.25, 0.3) is 0 Å². The van der Waals surface area contributed by atoms with Gasteiger partial charge in [0.2, 0.25) is 0 Å². The van der Waals surface area contributed by atoms with E-state index in [-0.39, 0.29) is 0 Å². The van der Waals surface area contributed by atoms with E-state index in [0.717, 1.165) is 0 Å². The van der Waals surface area contributed by atoms with E-state index in [9.17, 15) is 9.59 Å². The Morgan fingerprint density at radius 2 is 2.40 bits per heavy atom. The number of amides is 1. The second-order valence-electron chi connectivity index (χ2n) is 1.54. The first kappa shape index (κ1) is 6.81. The van der Waals surface area contributed by atoms with E-state index in [0.29, 0.717) is 0 Å². The van der Waals surface area contributed by atoms with Crippen molar-refractivity contribution in [3.05, 3.63) is 0 Å². The van der Waals surface area contributed by atoms with E-state index in [1.807, 2.05) is 0 Å². The van der Waals surface area contributed by atoms with Crippen LogP contribution in [0.5, 0.6) is 0 Å². The number of primary amides is 1. The van der Waals surface area contributed by atoms with E-state index in [2.05, 4.69) is 4.74 Å². The number of carboxylic acids is 1. The van der Waals surface area contributed by atoms with Gasteiger partial charge in [-0.25, -0.2) is 4.79 Å². The predicted octanol–water partition coefficient (Wildman–Crippen LogP) is -1.51. The summed E-state index contributed by atoms with van der Waals surface area (Å²) < 4.78 is 10.4. The van der Waals surface area contributed by atoms with Gasteiger partial charge in [0.1, 0.15) is 12.6 Å².